The molecule has 0 amide bonds. The Hall–Kier alpha value is -3.75. The molecule has 8 nitrogen and oxygen atoms in total. The van der Waals surface area contributed by atoms with E-state index in [-0.39, 0.29) is 11.4 Å². The molecule has 1 saturated heterocycles. The number of aliphatic carboxylic acids is 1. The van der Waals surface area contributed by atoms with Crippen molar-refractivity contribution in [3.63, 3.8) is 0 Å². The summed E-state index contributed by atoms with van der Waals surface area (Å²) in [6.07, 6.45) is 0.886. The summed E-state index contributed by atoms with van der Waals surface area (Å²) < 4.78 is 11.0. The third-order valence-corrected chi connectivity index (χ3v) is 8.25. The molecular formula is C36H47N3O5. The number of carbonyl (C=O) groups excluding carboxylic acids is 1. The second-order valence-corrected chi connectivity index (χ2v) is 13.5. The van der Waals surface area contributed by atoms with Crippen molar-refractivity contribution in [2.75, 3.05) is 25.1 Å². The quantitative estimate of drug-likeness (QED) is 0.239. The van der Waals surface area contributed by atoms with Crippen molar-refractivity contribution in [2.45, 2.75) is 86.1 Å². The zero-order valence-electron chi connectivity index (χ0n) is 27.4. The van der Waals surface area contributed by atoms with Gasteiger partial charge in [0, 0.05) is 48.7 Å². The molecular weight excluding hydrogens is 554 g/mol. The van der Waals surface area contributed by atoms with Crippen LogP contribution in [-0.4, -0.2) is 47.8 Å². The maximum atomic E-state index is 12.7. The molecule has 2 aromatic carbocycles. The van der Waals surface area contributed by atoms with Crippen LogP contribution in [0, 0.1) is 19.3 Å². The van der Waals surface area contributed by atoms with Crippen LogP contribution >= 0.6 is 0 Å². The van der Waals surface area contributed by atoms with Gasteiger partial charge in [0.25, 0.3) is 0 Å². The van der Waals surface area contributed by atoms with Crippen LogP contribution in [0.25, 0.3) is 11.1 Å². The number of aryl methyl sites for hydroxylation is 2. The summed E-state index contributed by atoms with van der Waals surface area (Å²) in [7, 11) is 1.38. The highest BCUT2D eigenvalue weighted by Gasteiger charge is 2.36. The lowest BCUT2D eigenvalue weighted by Gasteiger charge is -2.41. The summed E-state index contributed by atoms with van der Waals surface area (Å²) in [6, 6.07) is 15.8. The maximum absolute atomic E-state index is 12.7. The van der Waals surface area contributed by atoms with Crippen LogP contribution in [-0.2, 0) is 27.4 Å². The Labute approximate surface area is 261 Å². The number of nitrogens with one attached hydrogen (secondary N) is 1. The second-order valence-electron chi connectivity index (χ2n) is 13.5. The molecule has 44 heavy (non-hydrogen) atoms. The van der Waals surface area contributed by atoms with Gasteiger partial charge in [-0.3, -0.25) is 4.98 Å². The smallest absolute Gasteiger partial charge is 0.337 e. The number of carboxylic acids is 1. The molecule has 1 aliphatic rings. The van der Waals surface area contributed by atoms with Gasteiger partial charge in [0.15, 0.2) is 6.10 Å². The maximum Gasteiger partial charge on any atom is 0.337 e. The van der Waals surface area contributed by atoms with Gasteiger partial charge in [0.2, 0.25) is 0 Å². The van der Waals surface area contributed by atoms with E-state index in [1.165, 1.54) is 7.11 Å². The van der Waals surface area contributed by atoms with E-state index in [1.54, 1.807) is 12.1 Å². The van der Waals surface area contributed by atoms with Gasteiger partial charge in [-0.25, -0.2) is 9.59 Å². The summed E-state index contributed by atoms with van der Waals surface area (Å²) in [5, 5.41) is 13.9. The monoisotopic (exact) mass is 601 g/mol. The van der Waals surface area contributed by atoms with Crippen LogP contribution in [0.2, 0.25) is 0 Å². The summed E-state index contributed by atoms with van der Waals surface area (Å²) in [5.74, 6) is -1.36. The van der Waals surface area contributed by atoms with Crippen molar-refractivity contribution in [1.82, 2.24) is 10.3 Å². The molecule has 8 heteroatoms. The highest BCUT2D eigenvalue weighted by Crippen LogP contribution is 2.44. The minimum Gasteiger partial charge on any atom is -0.479 e. The number of carbonyl (C=O) groups is 2. The number of pyridine rings is 1. The molecule has 1 fully saturated rings. The largest absolute Gasteiger partial charge is 0.479 e. The molecule has 3 aromatic rings. The molecule has 4 rings (SSSR count). The number of methoxy groups -OCH3 is 1. The van der Waals surface area contributed by atoms with Gasteiger partial charge in [0.05, 0.1) is 24.0 Å². The van der Waals surface area contributed by atoms with Gasteiger partial charge in [-0.1, -0.05) is 50.2 Å². The number of piperidine rings is 1. The van der Waals surface area contributed by atoms with Crippen molar-refractivity contribution in [2.24, 2.45) is 5.41 Å². The van der Waals surface area contributed by atoms with Crippen LogP contribution in [0.1, 0.15) is 92.0 Å². The third-order valence-electron chi connectivity index (χ3n) is 8.25. The average Bonchev–Trinajstić information content (AvgIpc) is 2.96. The Morgan fingerprint density at radius 2 is 1.50 bits per heavy atom. The number of nitrogens with zero attached hydrogens (tertiary/aromatic N) is 2. The van der Waals surface area contributed by atoms with Gasteiger partial charge >= 0.3 is 11.9 Å². The predicted octanol–water partition coefficient (Wildman–Crippen LogP) is 7.01. The van der Waals surface area contributed by atoms with Crippen molar-refractivity contribution in [3.8, 4) is 11.1 Å². The molecule has 1 atom stereocenters. The molecule has 236 valence electrons. The first kappa shape index (κ1) is 33.1. The number of rotatable bonds is 10. The number of benzene rings is 2. The van der Waals surface area contributed by atoms with E-state index in [9.17, 15) is 14.7 Å². The number of aromatic nitrogens is 1. The fraction of sp³-hybridized carbons (Fsp3) is 0.472. The average molecular weight is 602 g/mol. The van der Waals surface area contributed by atoms with Crippen LogP contribution < -0.4 is 10.2 Å². The lowest BCUT2D eigenvalue weighted by Crippen LogP contribution is -2.39. The second kappa shape index (κ2) is 13.5. The highest BCUT2D eigenvalue weighted by molar-refractivity contribution is 5.89. The summed E-state index contributed by atoms with van der Waals surface area (Å²) in [5.41, 5.74) is 7.37. The van der Waals surface area contributed by atoms with E-state index in [0.717, 1.165) is 59.6 Å². The number of carboxylic acid groups (broad SMARTS) is 1. The van der Waals surface area contributed by atoms with Gasteiger partial charge in [-0.05, 0) is 81.7 Å². The van der Waals surface area contributed by atoms with E-state index in [2.05, 4.69) is 48.3 Å². The van der Waals surface area contributed by atoms with E-state index in [4.69, 9.17) is 14.5 Å². The number of ether oxygens (including phenoxy) is 2. The van der Waals surface area contributed by atoms with Crippen LogP contribution in [0.4, 0.5) is 5.69 Å². The topological polar surface area (TPSA) is 101 Å². The molecule has 2 N–H and O–H groups in total. The van der Waals surface area contributed by atoms with Crippen LogP contribution in [0.15, 0.2) is 48.5 Å². The normalized spacial score (nSPS) is 15.6. The van der Waals surface area contributed by atoms with Crippen molar-refractivity contribution >= 4 is 17.6 Å². The number of anilines is 1. The van der Waals surface area contributed by atoms with Crippen molar-refractivity contribution in [1.29, 1.82) is 0 Å². The standard InChI is InChI=1S/C36H47N3O5/c1-23-29(27-13-9-25(10-14-27)21-37-22-26-11-15-28(16-12-26)34(42)43-8)31(39-19-17-36(6,7)18-20-39)30(24(2)38-23)32(33(40)41)44-35(3,4)5/h9-16,32,37H,17-22H2,1-8H3,(H,40,41)/t32-/m0/s1. The van der Waals surface area contributed by atoms with E-state index < -0.39 is 17.7 Å². The first-order valence-electron chi connectivity index (χ1n) is 15.3. The SMILES string of the molecule is COC(=O)c1ccc(CNCc2ccc(-c3c(C)nc(C)c([C@H](OC(C)(C)C)C(=O)O)c3N3CCC(C)(C)CC3)cc2)cc1. The van der Waals surface area contributed by atoms with Crippen LogP contribution in [0.5, 0.6) is 0 Å². The zero-order chi connectivity index (χ0) is 32.2. The summed E-state index contributed by atoms with van der Waals surface area (Å²) in [6.45, 7) is 17.1. The third kappa shape index (κ3) is 8.04. The molecule has 2 heterocycles. The van der Waals surface area contributed by atoms with Gasteiger partial charge in [0.1, 0.15) is 0 Å². The summed E-state index contributed by atoms with van der Waals surface area (Å²) >= 11 is 0. The van der Waals surface area contributed by atoms with Gasteiger partial charge in [-0.15, -0.1) is 0 Å². The number of hydrogen-bond acceptors (Lipinski definition) is 7. The van der Waals surface area contributed by atoms with E-state index in [1.807, 2.05) is 46.8 Å². The van der Waals surface area contributed by atoms with Gasteiger partial charge in [-0.2, -0.15) is 0 Å². The Balaban J connectivity index is 1.65. The minimum atomic E-state index is -1.14. The molecule has 0 aliphatic carbocycles. The van der Waals surface area contributed by atoms with Gasteiger partial charge < -0.3 is 24.8 Å². The van der Waals surface area contributed by atoms with E-state index >= 15 is 0 Å². The lowest BCUT2D eigenvalue weighted by molar-refractivity contribution is -0.160. The lowest BCUT2D eigenvalue weighted by atomic mass is 9.81. The number of hydrogen-bond donors (Lipinski definition) is 2. The molecule has 0 spiro atoms. The summed E-state index contributed by atoms with van der Waals surface area (Å²) in [4.78, 5) is 31.6. The molecule has 1 aromatic heterocycles. The molecule has 1 aliphatic heterocycles. The van der Waals surface area contributed by atoms with Crippen molar-refractivity contribution in [3.05, 3.63) is 82.2 Å². The molecule has 0 radical (unpaired) electrons. The Kier molecular flexibility index (Phi) is 10.2. The highest BCUT2D eigenvalue weighted by atomic mass is 16.5. The Morgan fingerprint density at radius 3 is 2.00 bits per heavy atom. The first-order chi connectivity index (χ1) is 20.7. The molecule has 0 bridgehead atoms. The zero-order valence-corrected chi connectivity index (χ0v) is 27.4. The first-order valence-corrected chi connectivity index (χ1v) is 15.3. The fourth-order valence-corrected chi connectivity index (χ4v) is 5.77. The van der Waals surface area contributed by atoms with Crippen molar-refractivity contribution < 1.29 is 24.2 Å². The fourth-order valence-electron chi connectivity index (χ4n) is 5.77. The molecule has 0 saturated carbocycles. The minimum absolute atomic E-state index is 0.236. The number of esters is 1. The Bertz CT molecular complexity index is 1460. The Morgan fingerprint density at radius 1 is 0.955 bits per heavy atom. The predicted molar refractivity (Wildman–Crippen MR) is 174 cm³/mol. The van der Waals surface area contributed by atoms with E-state index in [0.29, 0.717) is 29.9 Å². The van der Waals surface area contributed by atoms with Crippen LogP contribution in [0.3, 0.4) is 0 Å². The molecule has 0 unspecified atom stereocenters.